The first-order valence-corrected chi connectivity index (χ1v) is 4.79. The van der Waals surface area contributed by atoms with Gasteiger partial charge in [-0.2, -0.15) is 13.2 Å². The van der Waals surface area contributed by atoms with Crippen LogP contribution in [0.3, 0.4) is 0 Å². The number of benzene rings is 1. The molecule has 0 N–H and O–H groups in total. The largest absolute Gasteiger partial charge is 0.462 e. The molecule has 0 fully saturated rings. The fraction of sp³-hybridized carbons (Fsp3) is 0.364. The van der Waals surface area contributed by atoms with Crippen molar-refractivity contribution < 1.29 is 22.7 Å². The number of hydrogen-bond donors (Lipinski definition) is 0. The molecule has 88 valence electrons. The number of carbonyl (C=O) groups is 1. The lowest BCUT2D eigenvalue weighted by atomic mass is 10.1. The highest BCUT2D eigenvalue weighted by Gasteiger charge is 2.30. The number of rotatable bonds is 3. The average Bonchev–Trinajstić information content (AvgIpc) is 2.25. The Hall–Kier alpha value is -1.52. The topological polar surface area (TPSA) is 26.3 Å². The van der Waals surface area contributed by atoms with Gasteiger partial charge in [0.2, 0.25) is 0 Å². The van der Waals surface area contributed by atoms with Crippen molar-refractivity contribution in [2.75, 3.05) is 6.61 Å². The van der Waals surface area contributed by atoms with Gasteiger partial charge in [-0.25, -0.2) is 4.79 Å². The molecule has 1 rings (SSSR count). The first-order valence-electron chi connectivity index (χ1n) is 4.79. The minimum Gasteiger partial charge on any atom is -0.462 e. The third kappa shape index (κ3) is 3.25. The second kappa shape index (κ2) is 5.01. The van der Waals surface area contributed by atoms with Crippen molar-refractivity contribution in [3.05, 3.63) is 35.4 Å². The second-order valence-corrected chi connectivity index (χ2v) is 3.21. The predicted molar refractivity (Wildman–Crippen MR) is 52.0 cm³/mol. The van der Waals surface area contributed by atoms with Crippen molar-refractivity contribution in [3.8, 4) is 0 Å². The monoisotopic (exact) mass is 232 g/mol. The molecule has 2 nitrogen and oxygen atoms in total. The van der Waals surface area contributed by atoms with Crippen LogP contribution in [0.5, 0.6) is 0 Å². The van der Waals surface area contributed by atoms with Gasteiger partial charge in [-0.3, -0.25) is 0 Å². The number of hydrogen-bond acceptors (Lipinski definition) is 2. The molecule has 0 aliphatic heterocycles. The summed E-state index contributed by atoms with van der Waals surface area (Å²) in [5.41, 5.74) is -0.929. The van der Waals surface area contributed by atoms with Crippen molar-refractivity contribution in [1.82, 2.24) is 0 Å². The van der Waals surface area contributed by atoms with Gasteiger partial charge < -0.3 is 4.74 Å². The maximum absolute atomic E-state index is 12.3. The fourth-order valence-electron chi connectivity index (χ4n) is 1.10. The van der Waals surface area contributed by atoms with E-state index in [1.165, 1.54) is 12.1 Å². The van der Waals surface area contributed by atoms with E-state index in [0.29, 0.717) is 6.42 Å². The highest BCUT2D eigenvalue weighted by atomic mass is 19.4. The van der Waals surface area contributed by atoms with E-state index in [1.54, 1.807) is 6.92 Å². The van der Waals surface area contributed by atoms with Gasteiger partial charge in [0, 0.05) is 0 Å². The van der Waals surface area contributed by atoms with Crippen LogP contribution >= 0.6 is 0 Å². The molecular formula is C11H11F3O2. The molecule has 0 aliphatic rings. The van der Waals surface area contributed by atoms with Gasteiger partial charge in [-0.15, -0.1) is 0 Å². The summed E-state index contributed by atoms with van der Waals surface area (Å²) in [5, 5.41) is 0. The predicted octanol–water partition coefficient (Wildman–Crippen LogP) is 3.27. The molecule has 0 saturated carbocycles. The Balaban J connectivity index is 2.86. The standard InChI is InChI=1S/C11H11F3O2/c1-2-6-16-10(15)8-4-3-5-9(7-8)11(12,13)14/h3-5,7H,2,6H2,1H3. The van der Waals surface area contributed by atoms with E-state index >= 15 is 0 Å². The highest BCUT2D eigenvalue weighted by Crippen LogP contribution is 2.29. The van der Waals surface area contributed by atoms with E-state index in [4.69, 9.17) is 4.74 Å². The van der Waals surface area contributed by atoms with Crippen LogP contribution in [-0.2, 0) is 10.9 Å². The molecule has 5 heteroatoms. The summed E-state index contributed by atoms with van der Waals surface area (Å²) in [6.07, 6.45) is -3.81. The van der Waals surface area contributed by atoms with E-state index in [2.05, 4.69) is 0 Å². The number of carbonyl (C=O) groups excluding carboxylic acids is 1. The fourth-order valence-corrected chi connectivity index (χ4v) is 1.10. The van der Waals surface area contributed by atoms with E-state index in [9.17, 15) is 18.0 Å². The highest BCUT2D eigenvalue weighted by molar-refractivity contribution is 5.89. The van der Waals surface area contributed by atoms with Crippen LogP contribution in [0.1, 0.15) is 29.3 Å². The van der Waals surface area contributed by atoms with Crippen molar-refractivity contribution in [1.29, 1.82) is 0 Å². The van der Waals surface area contributed by atoms with Crippen LogP contribution in [0.2, 0.25) is 0 Å². The Kier molecular flexibility index (Phi) is 3.93. The lowest BCUT2D eigenvalue weighted by molar-refractivity contribution is -0.137. The van der Waals surface area contributed by atoms with Crippen molar-refractivity contribution in [3.63, 3.8) is 0 Å². The zero-order valence-electron chi connectivity index (χ0n) is 8.67. The molecule has 0 heterocycles. The Labute approximate surface area is 91.0 Å². The maximum Gasteiger partial charge on any atom is 0.416 e. The van der Waals surface area contributed by atoms with Crippen molar-refractivity contribution in [2.24, 2.45) is 0 Å². The summed E-state index contributed by atoms with van der Waals surface area (Å²) >= 11 is 0. The van der Waals surface area contributed by atoms with Gasteiger partial charge in [0.15, 0.2) is 0 Å². The van der Waals surface area contributed by atoms with Crippen LogP contribution in [0.15, 0.2) is 24.3 Å². The zero-order valence-corrected chi connectivity index (χ0v) is 8.67. The zero-order chi connectivity index (χ0) is 12.2. The summed E-state index contributed by atoms with van der Waals surface area (Å²) in [4.78, 5) is 11.3. The molecule has 16 heavy (non-hydrogen) atoms. The molecule has 0 amide bonds. The van der Waals surface area contributed by atoms with Gasteiger partial charge in [0.05, 0.1) is 17.7 Å². The molecule has 0 radical (unpaired) electrons. The minimum atomic E-state index is -4.44. The van der Waals surface area contributed by atoms with E-state index in [-0.39, 0.29) is 12.2 Å². The smallest absolute Gasteiger partial charge is 0.416 e. The third-order valence-corrected chi connectivity index (χ3v) is 1.86. The van der Waals surface area contributed by atoms with E-state index in [1.807, 2.05) is 0 Å². The Morgan fingerprint density at radius 1 is 1.38 bits per heavy atom. The van der Waals surface area contributed by atoms with Gasteiger partial charge in [-0.1, -0.05) is 13.0 Å². The minimum absolute atomic E-state index is 0.0803. The van der Waals surface area contributed by atoms with E-state index < -0.39 is 17.7 Å². The summed E-state index contributed by atoms with van der Waals surface area (Å²) < 4.78 is 41.7. The molecular weight excluding hydrogens is 221 g/mol. The normalized spacial score (nSPS) is 11.2. The molecule has 0 bridgehead atoms. The van der Waals surface area contributed by atoms with Crippen LogP contribution in [-0.4, -0.2) is 12.6 Å². The number of halogens is 3. The average molecular weight is 232 g/mol. The molecule has 0 aliphatic carbocycles. The summed E-state index contributed by atoms with van der Waals surface area (Å²) in [6.45, 7) is 2.01. The van der Waals surface area contributed by atoms with Crippen molar-refractivity contribution in [2.45, 2.75) is 19.5 Å². The Morgan fingerprint density at radius 3 is 2.62 bits per heavy atom. The van der Waals surface area contributed by atoms with Crippen LogP contribution in [0, 0.1) is 0 Å². The molecule has 0 saturated heterocycles. The maximum atomic E-state index is 12.3. The number of alkyl halides is 3. The Bertz CT molecular complexity index is 372. The molecule has 0 unspecified atom stereocenters. The Morgan fingerprint density at radius 2 is 2.06 bits per heavy atom. The first kappa shape index (κ1) is 12.5. The molecule has 0 aromatic heterocycles. The third-order valence-electron chi connectivity index (χ3n) is 1.86. The van der Waals surface area contributed by atoms with Crippen LogP contribution < -0.4 is 0 Å². The van der Waals surface area contributed by atoms with Gasteiger partial charge in [-0.05, 0) is 24.6 Å². The van der Waals surface area contributed by atoms with Crippen LogP contribution in [0.25, 0.3) is 0 Å². The van der Waals surface area contributed by atoms with Gasteiger partial charge >= 0.3 is 12.1 Å². The summed E-state index contributed by atoms with van der Waals surface area (Å²) in [6, 6.07) is 4.19. The first-order chi connectivity index (χ1) is 7.45. The number of esters is 1. The summed E-state index contributed by atoms with van der Waals surface area (Å²) in [7, 11) is 0. The molecule has 1 aromatic rings. The van der Waals surface area contributed by atoms with Gasteiger partial charge in [0.1, 0.15) is 0 Å². The molecule has 0 spiro atoms. The second-order valence-electron chi connectivity index (χ2n) is 3.21. The lowest BCUT2D eigenvalue weighted by Crippen LogP contribution is -2.09. The quantitative estimate of drug-likeness (QED) is 0.747. The van der Waals surface area contributed by atoms with Crippen molar-refractivity contribution >= 4 is 5.97 Å². The molecule has 0 atom stereocenters. The van der Waals surface area contributed by atoms with Crippen LogP contribution in [0.4, 0.5) is 13.2 Å². The number of ether oxygens (including phenoxy) is 1. The summed E-state index contributed by atoms with van der Waals surface area (Å²) in [5.74, 6) is -0.729. The lowest BCUT2D eigenvalue weighted by Gasteiger charge is -2.08. The van der Waals surface area contributed by atoms with E-state index in [0.717, 1.165) is 12.1 Å². The molecule has 1 aromatic carbocycles. The SMILES string of the molecule is CCCOC(=O)c1cccc(C(F)(F)F)c1. The van der Waals surface area contributed by atoms with Gasteiger partial charge in [0.25, 0.3) is 0 Å².